The smallest absolute Gasteiger partial charge is 0.261 e. The number of benzene rings is 2. The third kappa shape index (κ3) is 4.01. The number of rotatable bonds is 4. The van der Waals surface area contributed by atoms with Crippen molar-refractivity contribution in [2.45, 2.75) is 24.8 Å². The standard InChI is InChI=1S/C22H25ClN4O3S/c1-15-6-4-5-7-20(15)31(29,30)27-12-10-26(11-13-27)16(2)21-24-19-14-17(23)8-9-18(19)22(28)25(21)3/h4-9,14,16H,10-13H2,1-3H3. The first-order valence-corrected chi connectivity index (χ1v) is 12.0. The third-order valence-corrected chi connectivity index (χ3v) is 8.27. The molecule has 9 heteroatoms. The lowest BCUT2D eigenvalue weighted by molar-refractivity contribution is 0.139. The SMILES string of the molecule is Cc1ccccc1S(=O)(=O)N1CCN(C(C)c2nc3cc(Cl)ccc3c(=O)n2C)CC1. The predicted molar refractivity (Wildman–Crippen MR) is 122 cm³/mol. The maximum absolute atomic E-state index is 13.1. The second kappa shape index (κ2) is 8.35. The van der Waals surface area contributed by atoms with Crippen molar-refractivity contribution in [1.29, 1.82) is 0 Å². The lowest BCUT2D eigenvalue weighted by Gasteiger charge is -2.37. The van der Waals surface area contributed by atoms with E-state index < -0.39 is 10.0 Å². The van der Waals surface area contributed by atoms with Crippen molar-refractivity contribution in [3.8, 4) is 0 Å². The quantitative estimate of drug-likeness (QED) is 0.598. The van der Waals surface area contributed by atoms with Gasteiger partial charge in [-0.2, -0.15) is 4.31 Å². The summed E-state index contributed by atoms with van der Waals surface area (Å²) in [4.78, 5) is 20.0. The summed E-state index contributed by atoms with van der Waals surface area (Å²) in [5.41, 5.74) is 1.19. The highest BCUT2D eigenvalue weighted by atomic mass is 35.5. The number of nitrogens with zero attached hydrogens (tertiary/aromatic N) is 4. The summed E-state index contributed by atoms with van der Waals surface area (Å²) in [6, 6.07) is 12.0. The molecule has 164 valence electrons. The molecule has 0 aliphatic carbocycles. The monoisotopic (exact) mass is 460 g/mol. The van der Waals surface area contributed by atoms with Crippen LogP contribution in [0.2, 0.25) is 5.02 Å². The highest BCUT2D eigenvalue weighted by molar-refractivity contribution is 7.89. The lowest BCUT2D eigenvalue weighted by atomic mass is 10.2. The molecule has 0 N–H and O–H groups in total. The average Bonchev–Trinajstić information content (AvgIpc) is 2.76. The Hall–Kier alpha value is -2.26. The van der Waals surface area contributed by atoms with E-state index in [1.807, 2.05) is 26.0 Å². The summed E-state index contributed by atoms with van der Waals surface area (Å²) in [6.45, 7) is 5.67. The number of piperazine rings is 1. The van der Waals surface area contributed by atoms with Crippen LogP contribution >= 0.6 is 11.6 Å². The summed E-state index contributed by atoms with van der Waals surface area (Å²) in [5.74, 6) is 0.634. The van der Waals surface area contributed by atoms with Crippen molar-refractivity contribution in [2.75, 3.05) is 26.2 Å². The van der Waals surface area contributed by atoms with E-state index in [-0.39, 0.29) is 11.6 Å². The van der Waals surface area contributed by atoms with Gasteiger partial charge in [-0.3, -0.25) is 14.3 Å². The zero-order valence-electron chi connectivity index (χ0n) is 17.7. The molecule has 7 nitrogen and oxygen atoms in total. The topological polar surface area (TPSA) is 75.5 Å². The molecule has 1 saturated heterocycles. The fourth-order valence-corrected chi connectivity index (χ4v) is 5.93. The van der Waals surface area contributed by atoms with Crippen LogP contribution in [0, 0.1) is 6.92 Å². The second-order valence-electron chi connectivity index (χ2n) is 7.88. The normalized spacial score (nSPS) is 17.2. The highest BCUT2D eigenvalue weighted by Gasteiger charge is 2.32. The summed E-state index contributed by atoms with van der Waals surface area (Å²) in [5, 5.41) is 1.05. The molecule has 1 fully saturated rings. The molecule has 0 saturated carbocycles. The van der Waals surface area contributed by atoms with Gasteiger partial charge < -0.3 is 0 Å². The fraction of sp³-hybridized carbons (Fsp3) is 0.364. The Morgan fingerprint density at radius 1 is 1.06 bits per heavy atom. The average molecular weight is 461 g/mol. The van der Waals surface area contributed by atoms with E-state index in [0.29, 0.717) is 52.8 Å². The Morgan fingerprint density at radius 2 is 1.74 bits per heavy atom. The van der Waals surface area contributed by atoms with Crippen LogP contribution in [0.4, 0.5) is 0 Å². The minimum absolute atomic E-state index is 0.121. The number of sulfonamides is 1. The van der Waals surface area contributed by atoms with Gasteiger partial charge in [-0.1, -0.05) is 29.8 Å². The predicted octanol–water partition coefficient (Wildman–Crippen LogP) is 2.96. The first kappa shape index (κ1) is 22.0. The zero-order chi connectivity index (χ0) is 22.3. The van der Waals surface area contributed by atoms with Crippen LogP contribution in [-0.4, -0.2) is 53.4 Å². The molecular formula is C22H25ClN4O3S. The Morgan fingerprint density at radius 3 is 2.42 bits per heavy atom. The minimum atomic E-state index is -3.53. The molecule has 1 unspecified atom stereocenters. The molecule has 1 aliphatic heterocycles. The number of hydrogen-bond acceptors (Lipinski definition) is 5. The summed E-state index contributed by atoms with van der Waals surface area (Å²) >= 11 is 6.09. The Balaban J connectivity index is 1.56. The van der Waals surface area contributed by atoms with Gasteiger partial charge in [0.15, 0.2) is 0 Å². The molecule has 1 aromatic heterocycles. The number of halogens is 1. The van der Waals surface area contributed by atoms with E-state index >= 15 is 0 Å². The van der Waals surface area contributed by atoms with Crippen molar-refractivity contribution in [2.24, 2.45) is 7.05 Å². The van der Waals surface area contributed by atoms with Gasteiger partial charge in [-0.05, 0) is 43.7 Å². The van der Waals surface area contributed by atoms with Gasteiger partial charge in [0.05, 0.1) is 21.8 Å². The van der Waals surface area contributed by atoms with Gasteiger partial charge in [0.2, 0.25) is 10.0 Å². The van der Waals surface area contributed by atoms with Crippen LogP contribution in [-0.2, 0) is 17.1 Å². The highest BCUT2D eigenvalue weighted by Crippen LogP contribution is 2.25. The number of hydrogen-bond donors (Lipinski definition) is 0. The van der Waals surface area contributed by atoms with E-state index in [4.69, 9.17) is 16.6 Å². The van der Waals surface area contributed by atoms with Crippen molar-refractivity contribution in [3.63, 3.8) is 0 Å². The van der Waals surface area contributed by atoms with Crippen LogP contribution in [0.15, 0.2) is 52.2 Å². The van der Waals surface area contributed by atoms with E-state index in [1.54, 1.807) is 41.9 Å². The second-order valence-corrected chi connectivity index (χ2v) is 10.2. The van der Waals surface area contributed by atoms with Crippen LogP contribution in [0.1, 0.15) is 24.4 Å². The van der Waals surface area contributed by atoms with Gasteiger partial charge in [0.25, 0.3) is 5.56 Å². The molecule has 1 aliphatic rings. The number of fused-ring (bicyclic) bond motifs is 1. The van der Waals surface area contributed by atoms with Crippen LogP contribution in [0.25, 0.3) is 10.9 Å². The maximum atomic E-state index is 13.1. The molecule has 0 spiro atoms. The first-order chi connectivity index (χ1) is 14.7. The van der Waals surface area contributed by atoms with Crippen LogP contribution in [0.3, 0.4) is 0 Å². The van der Waals surface area contributed by atoms with Crippen molar-refractivity contribution >= 4 is 32.5 Å². The molecule has 2 heterocycles. The van der Waals surface area contributed by atoms with E-state index in [1.165, 1.54) is 4.31 Å². The molecule has 0 radical (unpaired) electrons. The third-order valence-electron chi connectivity index (χ3n) is 5.98. The minimum Gasteiger partial charge on any atom is -0.298 e. The Bertz CT molecular complexity index is 1300. The lowest BCUT2D eigenvalue weighted by Crippen LogP contribution is -2.49. The van der Waals surface area contributed by atoms with Gasteiger partial charge in [0.1, 0.15) is 5.82 Å². The Kier molecular flexibility index (Phi) is 5.91. The largest absolute Gasteiger partial charge is 0.298 e. The molecular weight excluding hydrogens is 436 g/mol. The zero-order valence-corrected chi connectivity index (χ0v) is 19.3. The van der Waals surface area contributed by atoms with Crippen molar-refractivity contribution in [1.82, 2.24) is 18.8 Å². The molecule has 31 heavy (non-hydrogen) atoms. The van der Waals surface area contributed by atoms with E-state index in [0.717, 1.165) is 5.56 Å². The van der Waals surface area contributed by atoms with Gasteiger partial charge in [-0.25, -0.2) is 13.4 Å². The molecule has 0 amide bonds. The summed E-state index contributed by atoms with van der Waals surface area (Å²) in [6.07, 6.45) is 0. The number of aromatic nitrogens is 2. The van der Waals surface area contributed by atoms with Gasteiger partial charge >= 0.3 is 0 Å². The van der Waals surface area contributed by atoms with Crippen LogP contribution in [0.5, 0.6) is 0 Å². The Labute approximate surface area is 186 Å². The molecule has 2 aromatic carbocycles. The van der Waals surface area contributed by atoms with Crippen molar-refractivity contribution < 1.29 is 8.42 Å². The van der Waals surface area contributed by atoms with E-state index in [9.17, 15) is 13.2 Å². The molecule has 0 bridgehead atoms. The summed E-state index contributed by atoms with van der Waals surface area (Å²) in [7, 11) is -1.82. The maximum Gasteiger partial charge on any atom is 0.261 e. The molecule has 3 aromatic rings. The first-order valence-electron chi connectivity index (χ1n) is 10.2. The number of aryl methyl sites for hydroxylation is 1. The van der Waals surface area contributed by atoms with Crippen molar-refractivity contribution in [3.05, 3.63) is 69.2 Å². The molecule has 1 atom stereocenters. The van der Waals surface area contributed by atoms with E-state index in [2.05, 4.69) is 4.90 Å². The van der Waals surface area contributed by atoms with Gasteiger partial charge in [0, 0.05) is 38.2 Å². The van der Waals surface area contributed by atoms with Gasteiger partial charge in [-0.15, -0.1) is 0 Å². The fourth-order valence-electron chi connectivity index (χ4n) is 4.11. The van der Waals surface area contributed by atoms with Crippen LogP contribution < -0.4 is 5.56 Å². The summed E-state index contributed by atoms with van der Waals surface area (Å²) < 4.78 is 29.2. The molecule has 4 rings (SSSR count).